The highest BCUT2D eigenvalue weighted by Crippen LogP contribution is 2.36. The van der Waals surface area contributed by atoms with Gasteiger partial charge in [-0.15, -0.1) is 0 Å². The zero-order valence-electron chi connectivity index (χ0n) is 11.6. The van der Waals surface area contributed by atoms with Gasteiger partial charge in [-0.05, 0) is 37.0 Å². The van der Waals surface area contributed by atoms with Crippen LogP contribution in [0.25, 0.3) is 0 Å². The molecule has 0 amide bonds. The van der Waals surface area contributed by atoms with Gasteiger partial charge in [-0.3, -0.25) is 0 Å². The van der Waals surface area contributed by atoms with Crippen LogP contribution in [0.15, 0.2) is 12.1 Å². The average molecular weight is 236 g/mol. The van der Waals surface area contributed by atoms with Crippen LogP contribution in [0.3, 0.4) is 0 Å². The Balaban J connectivity index is 3.19. The molecule has 1 rings (SSSR count). The van der Waals surface area contributed by atoms with Crippen molar-refractivity contribution in [2.75, 3.05) is 7.11 Å². The van der Waals surface area contributed by atoms with Gasteiger partial charge in [0.1, 0.15) is 5.75 Å². The molecule has 0 bridgehead atoms. The summed E-state index contributed by atoms with van der Waals surface area (Å²) >= 11 is 0. The van der Waals surface area contributed by atoms with Crippen molar-refractivity contribution < 1.29 is 9.84 Å². The fourth-order valence-electron chi connectivity index (χ4n) is 2.46. The van der Waals surface area contributed by atoms with E-state index in [1.54, 1.807) is 7.11 Å². The van der Waals surface area contributed by atoms with Gasteiger partial charge in [0.2, 0.25) is 0 Å². The molecule has 96 valence electrons. The van der Waals surface area contributed by atoms with Gasteiger partial charge in [-0.1, -0.05) is 32.8 Å². The van der Waals surface area contributed by atoms with Crippen LogP contribution < -0.4 is 4.74 Å². The first-order valence-electron chi connectivity index (χ1n) is 6.38. The Morgan fingerprint density at radius 2 is 1.76 bits per heavy atom. The molecule has 1 aromatic carbocycles. The minimum atomic E-state index is -0.430. The second-order valence-corrected chi connectivity index (χ2v) is 4.72. The number of rotatable bonds is 5. The van der Waals surface area contributed by atoms with Crippen molar-refractivity contribution in [1.29, 1.82) is 0 Å². The van der Waals surface area contributed by atoms with E-state index in [0.717, 1.165) is 29.7 Å². The minimum Gasteiger partial charge on any atom is -0.496 e. The van der Waals surface area contributed by atoms with Crippen molar-refractivity contribution in [3.63, 3.8) is 0 Å². The van der Waals surface area contributed by atoms with Gasteiger partial charge < -0.3 is 9.84 Å². The van der Waals surface area contributed by atoms with Gasteiger partial charge in [-0.25, -0.2) is 0 Å². The van der Waals surface area contributed by atoms with Crippen LogP contribution in [0, 0.1) is 19.8 Å². The van der Waals surface area contributed by atoms with Crippen LogP contribution in [0.4, 0.5) is 0 Å². The zero-order valence-corrected chi connectivity index (χ0v) is 11.6. The fraction of sp³-hybridized carbons (Fsp3) is 0.600. The van der Waals surface area contributed by atoms with Gasteiger partial charge in [0.15, 0.2) is 0 Å². The average Bonchev–Trinajstić information content (AvgIpc) is 2.29. The molecule has 0 heterocycles. The highest BCUT2D eigenvalue weighted by molar-refractivity contribution is 5.44. The van der Waals surface area contributed by atoms with E-state index in [2.05, 4.69) is 19.9 Å². The number of benzene rings is 1. The second-order valence-electron chi connectivity index (χ2n) is 4.72. The summed E-state index contributed by atoms with van der Waals surface area (Å²) in [6, 6.07) is 4.09. The van der Waals surface area contributed by atoms with Crippen LogP contribution >= 0.6 is 0 Å². The standard InChI is InChI=1S/C15H24O2/c1-6-12(7-2)15(16)14-11(4)8-10(3)9-13(14)17-5/h8-9,12,15-16H,6-7H2,1-5H3. The number of aliphatic hydroxyl groups excluding tert-OH is 1. The van der Waals surface area contributed by atoms with E-state index in [9.17, 15) is 5.11 Å². The van der Waals surface area contributed by atoms with E-state index < -0.39 is 6.10 Å². The van der Waals surface area contributed by atoms with Crippen molar-refractivity contribution in [1.82, 2.24) is 0 Å². The summed E-state index contributed by atoms with van der Waals surface area (Å²) in [6.45, 7) is 8.32. The molecule has 0 spiro atoms. The Bertz CT molecular complexity index is 367. The van der Waals surface area contributed by atoms with E-state index in [1.807, 2.05) is 19.9 Å². The Kier molecular flexibility index (Phi) is 5.01. The Morgan fingerprint density at radius 1 is 1.18 bits per heavy atom. The molecule has 0 aliphatic carbocycles. The number of hydrogen-bond donors (Lipinski definition) is 1. The monoisotopic (exact) mass is 236 g/mol. The van der Waals surface area contributed by atoms with Gasteiger partial charge in [0.05, 0.1) is 13.2 Å². The first-order valence-corrected chi connectivity index (χ1v) is 6.38. The number of methoxy groups -OCH3 is 1. The Hall–Kier alpha value is -1.02. The van der Waals surface area contributed by atoms with Crippen LogP contribution in [0.1, 0.15) is 49.5 Å². The summed E-state index contributed by atoms with van der Waals surface area (Å²) in [5.74, 6) is 1.10. The van der Waals surface area contributed by atoms with E-state index >= 15 is 0 Å². The maximum absolute atomic E-state index is 10.5. The third-order valence-electron chi connectivity index (χ3n) is 3.50. The maximum Gasteiger partial charge on any atom is 0.125 e. The quantitative estimate of drug-likeness (QED) is 0.843. The van der Waals surface area contributed by atoms with Crippen LogP contribution in [0.2, 0.25) is 0 Å². The van der Waals surface area contributed by atoms with Gasteiger partial charge >= 0.3 is 0 Å². The zero-order chi connectivity index (χ0) is 13.0. The number of aryl methyl sites for hydroxylation is 2. The normalized spacial score (nSPS) is 12.9. The first kappa shape index (κ1) is 14.0. The van der Waals surface area contributed by atoms with E-state index in [4.69, 9.17) is 4.74 Å². The molecule has 0 aromatic heterocycles. The molecule has 17 heavy (non-hydrogen) atoms. The molecule has 0 saturated heterocycles. The summed E-state index contributed by atoms with van der Waals surface area (Å²) in [5, 5.41) is 10.5. The summed E-state index contributed by atoms with van der Waals surface area (Å²) < 4.78 is 5.41. The van der Waals surface area contributed by atoms with Gasteiger partial charge in [0.25, 0.3) is 0 Å². The molecule has 0 aliphatic heterocycles. The van der Waals surface area contributed by atoms with Crippen molar-refractivity contribution in [3.8, 4) is 5.75 Å². The SMILES string of the molecule is CCC(CC)C(O)c1c(C)cc(C)cc1OC. The van der Waals surface area contributed by atoms with Gasteiger partial charge in [0, 0.05) is 5.56 Å². The Morgan fingerprint density at radius 3 is 2.24 bits per heavy atom. The lowest BCUT2D eigenvalue weighted by atomic mass is 9.88. The second kappa shape index (κ2) is 6.06. The van der Waals surface area contributed by atoms with Crippen LogP contribution in [0.5, 0.6) is 5.75 Å². The van der Waals surface area contributed by atoms with Gasteiger partial charge in [-0.2, -0.15) is 0 Å². The molecule has 0 radical (unpaired) electrons. The molecule has 1 N–H and O–H groups in total. The molecule has 1 atom stereocenters. The number of hydrogen-bond acceptors (Lipinski definition) is 2. The highest BCUT2D eigenvalue weighted by Gasteiger charge is 2.23. The summed E-state index contributed by atoms with van der Waals surface area (Å²) in [5.41, 5.74) is 3.23. The third-order valence-corrected chi connectivity index (χ3v) is 3.50. The number of aliphatic hydroxyl groups is 1. The molecule has 0 aliphatic rings. The predicted molar refractivity (Wildman–Crippen MR) is 71.5 cm³/mol. The largest absolute Gasteiger partial charge is 0.496 e. The molecular weight excluding hydrogens is 212 g/mol. The minimum absolute atomic E-state index is 0.297. The topological polar surface area (TPSA) is 29.5 Å². The molecule has 0 fully saturated rings. The first-order chi connectivity index (χ1) is 8.04. The highest BCUT2D eigenvalue weighted by atomic mass is 16.5. The van der Waals surface area contributed by atoms with E-state index in [0.29, 0.717) is 5.92 Å². The van der Waals surface area contributed by atoms with Crippen LogP contribution in [-0.4, -0.2) is 12.2 Å². The molecule has 2 nitrogen and oxygen atoms in total. The van der Waals surface area contributed by atoms with Crippen molar-refractivity contribution >= 4 is 0 Å². The van der Waals surface area contributed by atoms with Crippen molar-refractivity contribution in [2.45, 2.75) is 46.6 Å². The summed E-state index contributed by atoms with van der Waals surface area (Å²) in [7, 11) is 1.66. The lowest BCUT2D eigenvalue weighted by molar-refractivity contribution is 0.0998. The molecule has 1 aromatic rings. The van der Waals surface area contributed by atoms with Crippen molar-refractivity contribution in [3.05, 3.63) is 28.8 Å². The predicted octanol–water partition coefficient (Wildman–Crippen LogP) is 3.78. The third kappa shape index (κ3) is 3.01. The molecule has 0 saturated carbocycles. The Labute approximate surface area is 105 Å². The molecule has 2 heteroatoms. The number of ether oxygens (including phenoxy) is 1. The maximum atomic E-state index is 10.5. The molecule has 1 unspecified atom stereocenters. The lowest BCUT2D eigenvalue weighted by Gasteiger charge is -2.24. The lowest BCUT2D eigenvalue weighted by Crippen LogP contribution is -2.13. The van der Waals surface area contributed by atoms with E-state index in [1.165, 1.54) is 5.56 Å². The fourth-order valence-corrected chi connectivity index (χ4v) is 2.46. The smallest absolute Gasteiger partial charge is 0.125 e. The van der Waals surface area contributed by atoms with E-state index in [-0.39, 0.29) is 0 Å². The summed E-state index contributed by atoms with van der Waals surface area (Å²) in [6.07, 6.45) is 1.53. The molecular formula is C15H24O2. The summed E-state index contributed by atoms with van der Waals surface area (Å²) in [4.78, 5) is 0. The van der Waals surface area contributed by atoms with Crippen LogP contribution in [-0.2, 0) is 0 Å². The van der Waals surface area contributed by atoms with Crippen molar-refractivity contribution in [2.24, 2.45) is 5.92 Å².